The van der Waals surface area contributed by atoms with Gasteiger partial charge >= 0.3 is 18.4 Å². The number of hydrogen-bond acceptors (Lipinski definition) is 3. The summed E-state index contributed by atoms with van der Waals surface area (Å²) in [6.07, 6.45) is -14.7. The van der Waals surface area contributed by atoms with Crippen molar-refractivity contribution in [1.29, 1.82) is 0 Å². The van der Waals surface area contributed by atoms with Gasteiger partial charge in [0, 0.05) is 46.8 Å². The van der Waals surface area contributed by atoms with Crippen molar-refractivity contribution in [3.63, 3.8) is 0 Å². The van der Waals surface area contributed by atoms with Crippen molar-refractivity contribution in [2.24, 2.45) is 0 Å². The molecule has 1 aromatic carbocycles. The van der Waals surface area contributed by atoms with Gasteiger partial charge in [0.2, 0.25) is 0 Å². The highest BCUT2D eigenvalue weighted by Gasteiger charge is 2.60. The lowest BCUT2D eigenvalue weighted by Crippen LogP contribution is -2.54. The quantitative estimate of drug-likeness (QED) is 0.458. The van der Waals surface area contributed by atoms with Crippen LogP contribution in [0.4, 0.5) is 31.1 Å². The maximum atomic E-state index is 12.7. The number of carbonyl (C=O) groups excluding carboxylic acids is 1. The molecule has 2 aromatic rings. The van der Waals surface area contributed by atoms with Gasteiger partial charge in [0.1, 0.15) is 0 Å². The molecule has 0 saturated carbocycles. The second kappa shape index (κ2) is 8.98. The van der Waals surface area contributed by atoms with E-state index in [0.29, 0.717) is 29.4 Å². The van der Waals surface area contributed by atoms with Gasteiger partial charge in [-0.15, -0.1) is 0 Å². The number of benzene rings is 1. The van der Waals surface area contributed by atoms with Crippen molar-refractivity contribution in [2.45, 2.75) is 56.2 Å². The van der Waals surface area contributed by atoms with Gasteiger partial charge < -0.3 is 14.6 Å². The zero-order valence-corrected chi connectivity index (χ0v) is 19.2. The first-order valence-electron chi connectivity index (χ1n) is 10.6. The van der Waals surface area contributed by atoms with Crippen LogP contribution >= 0.6 is 23.2 Å². The van der Waals surface area contributed by atoms with Crippen molar-refractivity contribution in [3.8, 4) is 0 Å². The molecule has 1 spiro atoms. The molecule has 2 aliphatic heterocycles. The van der Waals surface area contributed by atoms with Crippen LogP contribution in [0, 0.1) is 0 Å². The summed E-state index contributed by atoms with van der Waals surface area (Å²) >= 11 is 12.3. The number of fused-ring (bicyclic) bond motifs is 1. The standard InChI is InChI=1S/C21H21Cl2F6N3O2/c22-12-8-15(23)14-10-13(30-16(14)9-12)11-32-5-1-2-19(32)3-6-31(7-4-19)18(33)34-17(20(24,25)26)21(27,28)29/h8-10,17,30H,1-7,11H2. The molecule has 2 aliphatic rings. The number of hydrogen-bond donors (Lipinski definition) is 1. The second-order valence-electron chi connectivity index (χ2n) is 8.73. The van der Waals surface area contributed by atoms with E-state index in [4.69, 9.17) is 23.2 Å². The van der Waals surface area contributed by atoms with E-state index in [9.17, 15) is 31.1 Å². The zero-order chi connectivity index (χ0) is 24.9. The molecule has 13 heteroatoms. The second-order valence-corrected chi connectivity index (χ2v) is 9.57. The lowest BCUT2D eigenvalue weighted by atomic mass is 9.85. The predicted octanol–water partition coefficient (Wildman–Crippen LogP) is 6.53. The summed E-state index contributed by atoms with van der Waals surface area (Å²) in [6, 6.07) is 5.35. The van der Waals surface area contributed by atoms with E-state index in [1.807, 2.05) is 6.07 Å². The fraction of sp³-hybridized carbons (Fsp3) is 0.571. The fourth-order valence-corrected chi connectivity index (χ4v) is 5.46. The van der Waals surface area contributed by atoms with Crippen LogP contribution in [0.2, 0.25) is 10.0 Å². The van der Waals surface area contributed by atoms with E-state index in [1.165, 1.54) is 0 Å². The van der Waals surface area contributed by atoms with Gasteiger partial charge in [0.25, 0.3) is 6.10 Å². The number of piperidine rings is 1. The molecule has 2 fully saturated rings. The molecular weight excluding hydrogens is 511 g/mol. The molecule has 4 rings (SSSR count). The number of nitrogens with zero attached hydrogens (tertiary/aromatic N) is 2. The van der Waals surface area contributed by atoms with Crippen LogP contribution in [0.25, 0.3) is 10.9 Å². The first-order valence-corrected chi connectivity index (χ1v) is 11.3. The number of halogens is 8. The van der Waals surface area contributed by atoms with Crippen LogP contribution in [0.3, 0.4) is 0 Å². The fourth-order valence-electron chi connectivity index (χ4n) is 4.92. The minimum absolute atomic E-state index is 0.00586. The summed E-state index contributed by atoms with van der Waals surface area (Å²) in [4.78, 5) is 18.5. The Hall–Kier alpha value is -1.85. The highest BCUT2D eigenvalue weighted by molar-refractivity contribution is 6.38. The Morgan fingerprint density at radius 2 is 1.68 bits per heavy atom. The molecule has 2 saturated heterocycles. The Balaban J connectivity index is 1.42. The average molecular weight is 532 g/mol. The Kier molecular flexibility index (Phi) is 6.67. The molecule has 0 radical (unpaired) electrons. The van der Waals surface area contributed by atoms with E-state index < -0.39 is 24.5 Å². The summed E-state index contributed by atoms with van der Waals surface area (Å²) in [6.45, 7) is 1.34. The smallest absolute Gasteiger partial charge is 0.426 e. The Labute approximate surface area is 200 Å². The van der Waals surface area contributed by atoms with Crippen molar-refractivity contribution in [3.05, 3.63) is 33.9 Å². The third-order valence-corrected chi connectivity index (χ3v) is 7.11. The summed E-state index contributed by atoms with van der Waals surface area (Å²) in [5.41, 5.74) is 1.39. The molecule has 1 amide bonds. The number of amides is 1. The molecule has 1 aromatic heterocycles. The van der Waals surface area contributed by atoms with E-state index in [-0.39, 0.29) is 18.6 Å². The first-order chi connectivity index (χ1) is 15.8. The van der Waals surface area contributed by atoms with E-state index in [1.54, 1.807) is 12.1 Å². The summed E-state index contributed by atoms with van der Waals surface area (Å²) in [7, 11) is 0. The van der Waals surface area contributed by atoms with E-state index >= 15 is 0 Å². The summed E-state index contributed by atoms with van der Waals surface area (Å²) in [5.74, 6) is 0. The lowest BCUT2D eigenvalue weighted by molar-refractivity contribution is -0.308. The topological polar surface area (TPSA) is 48.6 Å². The monoisotopic (exact) mass is 531 g/mol. The highest BCUT2D eigenvalue weighted by atomic mass is 35.5. The molecular formula is C21H21Cl2F6N3O2. The van der Waals surface area contributed by atoms with Crippen LogP contribution in [-0.2, 0) is 11.3 Å². The molecule has 5 nitrogen and oxygen atoms in total. The van der Waals surface area contributed by atoms with Crippen molar-refractivity contribution >= 4 is 40.2 Å². The van der Waals surface area contributed by atoms with Crippen LogP contribution < -0.4 is 0 Å². The van der Waals surface area contributed by atoms with Crippen molar-refractivity contribution in [1.82, 2.24) is 14.8 Å². The predicted molar refractivity (Wildman–Crippen MR) is 114 cm³/mol. The number of H-pyrrole nitrogens is 1. The van der Waals surface area contributed by atoms with E-state index in [0.717, 1.165) is 40.9 Å². The lowest BCUT2D eigenvalue weighted by Gasteiger charge is -2.44. The van der Waals surface area contributed by atoms with Crippen LogP contribution in [0.1, 0.15) is 31.4 Å². The normalized spacial score (nSPS) is 19.5. The van der Waals surface area contributed by atoms with E-state index in [2.05, 4.69) is 14.6 Å². The third-order valence-electron chi connectivity index (χ3n) is 6.58. The van der Waals surface area contributed by atoms with Gasteiger partial charge in [-0.05, 0) is 50.4 Å². The zero-order valence-electron chi connectivity index (χ0n) is 17.7. The third kappa shape index (κ3) is 5.06. The molecule has 0 aliphatic carbocycles. The number of ether oxygens (including phenoxy) is 1. The number of likely N-dealkylation sites (tertiary alicyclic amines) is 2. The molecule has 0 bridgehead atoms. The van der Waals surface area contributed by atoms with Gasteiger partial charge in [-0.25, -0.2) is 4.79 Å². The number of aromatic nitrogens is 1. The highest BCUT2D eigenvalue weighted by Crippen LogP contribution is 2.41. The number of nitrogens with one attached hydrogen (secondary N) is 1. The number of rotatable bonds is 3. The van der Waals surface area contributed by atoms with Gasteiger partial charge in [0.15, 0.2) is 0 Å². The molecule has 0 unspecified atom stereocenters. The first kappa shape index (κ1) is 25.2. The molecule has 1 N–H and O–H groups in total. The Morgan fingerprint density at radius 3 is 2.29 bits per heavy atom. The molecule has 188 valence electrons. The molecule has 34 heavy (non-hydrogen) atoms. The Morgan fingerprint density at radius 1 is 1.03 bits per heavy atom. The number of carbonyl (C=O) groups is 1. The molecule has 0 atom stereocenters. The minimum atomic E-state index is -5.74. The van der Waals surface area contributed by atoms with Crippen molar-refractivity contribution in [2.75, 3.05) is 19.6 Å². The summed E-state index contributed by atoms with van der Waals surface area (Å²) < 4.78 is 80.2. The maximum Gasteiger partial charge on any atom is 0.434 e. The van der Waals surface area contributed by atoms with Gasteiger partial charge in [-0.1, -0.05) is 23.2 Å². The van der Waals surface area contributed by atoms with Crippen LogP contribution in [0.15, 0.2) is 18.2 Å². The minimum Gasteiger partial charge on any atom is -0.426 e. The van der Waals surface area contributed by atoms with Gasteiger partial charge in [-0.2, -0.15) is 26.3 Å². The molecule has 3 heterocycles. The number of alkyl halides is 6. The largest absolute Gasteiger partial charge is 0.434 e. The number of aromatic amines is 1. The van der Waals surface area contributed by atoms with Crippen molar-refractivity contribution < 1.29 is 35.9 Å². The SMILES string of the molecule is O=C(OC(C(F)(F)F)C(F)(F)F)N1CCC2(CCCN2Cc2cc3c(Cl)cc(Cl)cc3[nH]2)CC1. The summed E-state index contributed by atoms with van der Waals surface area (Å²) in [5, 5.41) is 1.85. The Bertz CT molecular complexity index is 1050. The maximum absolute atomic E-state index is 12.7. The van der Waals surface area contributed by atoms with Crippen LogP contribution in [-0.4, -0.2) is 64.5 Å². The van der Waals surface area contributed by atoms with Gasteiger partial charge in [0.05, 0.1) is 5.02 Å². The average Bonchev–Trinajstić information content (AvgIpc) is 3.29. The van der Waals surface area contributed by atoms with Crippen LogP contribution in [0.5, 0.6) is 0 Å². The van der Waals surface area contributed by atoms with Gasteiger partial charge in [-0.3, -0.25) is 4.90 Å².